The van der Waals surface area contributed by atoms with Gasteiger partial charge >= 0.3 is 0 Å². The molecule has 3 aromatic rings. The molecule has 1 unspecified atom stereocenters. The molecule has 2 heterocycles. The van der Waals surface area contributed by atoms with E-state index in [2.05, 4.69) is 62.9 Å². The molecule has 0 aliphatic rings. The summed E-state index contributed by atoms with van der Waals surface area (Å²) in [5.41, 5.74) is 2.20. The van der Waals surface area contributed by atoms with Crippen molar-refractivity contribution in [2.24, 2.45) is 0 Å². The Morgan fingerprint density at radius 1 is 1.40 bits per heavy atom. The van der Waals surface area contributed by atoms with Gasteiger partial charge < -0.3 is 4.57 Å². The molecule has 0 N–H and O–H groups in total. The van der Waals surface area contributed by atoms with Crippen LogP contribution in [0.2, 0.25) is 0 Å². The van der Waals surface area contributed by atoms with Crippen LogP contribution in [0.4, 0.5) is 0 Å². The second-order valence-electron chi connectivity index (χ2n) is 4.70. The molecule has 5 heteroatoms. The molecule has 0 spiro atoms. The summed E-state index contributed by atoms with van der Waals surface area (Å²) in [7, 11) is 0. The van der Waals surface area contributed by atoms with Gasteiger partial charge in [-0.25, -0.2) is 4.98 Å². The van der Waals surface area contributed by atoms with E-state index in [9.17, 15) is 0 Å². The van der Waals surface area contributed by atoms with Crippen molar-refractivity contribution >= 4 is 56.6 Å². The second-order valence-corrected chi connectivity index (χ2v) is 7.63. The van der Waals surface area contributed by atoms with Gasteiger partial charge in [0.05, 0.1) is 16.4 Å². The molecule has 0 fully saturated rings. The fourth-order valence-corrected chi connectivity index (χ4v) is 3.68. The van der Waals surface area contributed by atoms with Gasteiger partial charge in [-0.15, -0.1) is 22.9 Å². The van der Waals surface area contributed by atoms with Gasteiger partial charge in [-0.05, 0) is 65.6 Å². The van der Waals surface area contributed by atoms with Crippen molar-refractivity contribution < 1.29 is 0 Å². The summed E-state index contributed by atoms with van der Waals surface area (Å²) in [5.74, 6) is 0.959. The van der Waals surface area contributed by atoms with E-state index in [0.717, 1.165) is 24.3 Å². The summed E-state index contributed by atoms with van der Waals surface area (Å²) in [6.07, 6.45) is 1.02. The first-order valence-corrected chi connectivity index (χ1v) is 8.87. The molecule has 0 aliphatic carbocycles. The minimum atomic E-state index is -0.0802. The third-order valence-corrected chi connectivity index (χ3v) is 5.06. The minimum absolute atomic E-state index is 0.0802. The van der Waals surface area contributed by atoms with Crippen LogP contribution < -0.4 is 0 Å². The number of hydrogen-bond donors (Lipinski definition) is 0. The van der Waals surface area contributed by atoms with E-state index in [-0.39, 0.29) is 5.38 Å². The Hall–Kier alpha value is -0.590. The maximum absolute atomic E-state index is 6.30. The number of alkyl halides is 1. The Kier molecular flexibility index (Phi) is 4.33. The molecule has 1 aromatic carbocycles. The molecule has 3 rings (SSSR count). The predicted molar refractivity (Wildman–Crippen MR) is 94.7 cm³/mol. The van der Waals surface area contributed by atoms with Crippen molar-refractivity contribution in [3.8, 4) is 0 Å². The van der Waals surface area contributed by atoms with Crippen LogP contribution in [0.5, 0.6) is 0 Å². The number of fused-ring (bicyclic) bond motifs is 1. The van der Waals surface area contributed by atoms with E-state index >= 15 is 0 Å². The lowest BCUT2D eigenvalue weighted by molar-refractivity contribution is 0.672. The Balaban J connectivity index is 2.00. The van der Waals surface area contributed by atoms with Gasteiger partial charge in [0.25, 0.3) is 0 Å². The second kappa shape index (κ2) is 6.03. The molecule has 0 saturated heterocycles. The van der Waals surface area contributed by atoms with Crippen molar-refractivity contribution in [2.45, 2.75) is 25.3 Å². The number of nitrogens with zero attached hydrogens (tertiary/aromatic N) is 2. The van der Waals surface area contributed by atoms with Crippen LogP contribution >= 0.6 is 45.5 Å². The molecule has 2 aromatic heterocycles. The van der Waals surface area contributed by atoms with Crippen LogP contribution in [0.15, 0.2) is 35.7 Å². The normalized spacial score (nSPS) is 12.9. The quantitative estimate of drug-likeness (QED) is 0.420. The van der Waals surface area contributed by atoms with Crippen LogP contribution in [-0.2, 0) is 13.0 Å². The van der Waals surface area contributed by atoms with Crippen molar-refractivity contribution in [1.82, 2.24) is 9.55 Å². The molecule has 2 nitrogen and oxygen atoms in total. The first-order chi connectivity index (χ1) is 9.65. The number of imidazole rings is 1. The first kappa shape index (κ1) is 14.4. The maximum Gasteiger partial charge on any atom is 0.127 e. The summed E-state index contributed by atoms with van der Waals surface area (Å²) >= 11 is 10.4. The van der Waals surface area contributed by atoms with Gasteiger partial charge in [-0.2, -0.15) is 0 Å². The number of benzene rings is 1. The third-order valence-electron chi connectivity index (χ3n) is 3.26. The highest BCUT2D eigenvalue weighted by Crippen LogP contribution is 2.26. The van der Waals surface area contributed by atoms with Gasteiger partial charge in [0.15, 0.2) is 0 Å². The molecule has 20 heavy (non-hydrogen) atoms. The molecule has 0 bridgehead atoms. The van der Waals surface area contributed by atoms with Crippen molar-refractivity contribution in [3.63, 3.8) is 0 Å². The Morgan fingerprint density at radius 3 is 2.95 bits per heavy atom. The van der Waals surface area contributed by atoms with E-state index in [4.69, 9.17) is 16.6 Å². The minimum Gasteiger partial charge on any atom is -0.326 e. The Labute approximate surface area is 140 Å². The molecule has 0 saturated carbocycles. The van der Waals surface area contributed by atoms with Crippen molar-refractivity contribution in [1.29, 1.82) is 0 Å². The summed E-state index contributed by atoms with van der Waals surface area (Å²) in [6.45, 7) is 2.90. The van der Waals surface area contributed by atoms with Gasteiger partial charge in [0.1, 0.15) is 5.82 Å². The zero-order valence-corrected chi connectivity index (χ0v) is 14.7. The standard InChI is InChI=1S/C15H14ClIN2S/c1-10(16)15-18-13-9-11(17)4-5-14(13)19(15)7-6-12-3-2-8-20-12/h2-5,8-10H,6-7H2,1H3. The molecule has 0 aliphatic heterocycles. The third kappa shape index (κ3) is 2.87. The number of thiophene rings is 1. The monoisotopic (exact) mass is 416 g/mol. The topological polar surface area (TPSA) is 17.8 Å². The molecule has 1 atom stereocenters. The largest absolute Gasteiger partial charge is 0.326 e. The average molecular weight is 417 g/mol. The number of aryl methyl sites for hydroxylation is 2. The highest BCUT2D eigenvalue weighted by molar-refractivity contribution is 14.1. The van der Waals surface area contributed by atoms with E-state index in [1.54, 1.807) is 11.3 Å². The average Bonchev–Trinajstić information content (AvgIpc) is 3.02. The van der Waals surface area contributed by atoms with Gasteiger partial charge in [-0.1, -0.05) is 6.07 Å². The van der Waals surface area contributed by atoms with Gasteiger partial charge in [0, 0.05) is 15.0 Å². The lowest BCUT2D eigenvalue weighted by Gasteiger charge is -2.09. The SMILES string of the molecule is CC(Cl)c1nc2cc(I)ccc2n1CCc1cccs1. The lowest BCUT2D eigenvalue weighted by Crippen LogP contribution is -2.06. The zero-order chi connectivity index (χ0) is 14.1. The van der Waals surface area contributed by atoms with Crippen LogP contribution in [0, 0.1) is 3.57 Å². The number of halogens is 2. The fraction of sp³-hybridized carbons (Fsp3) is 0.267. The van der Waals surface area contributed by atoms with Gasteiger partial charge in [-0.3, -0.25) is 0 Å². The summed E-state index contributed by atoms with van der Waals surface area (Å²) in [4.78, 5) is 6.10. The molecular weight excluding hydrogens is 403 g/mol. The van der Waals surface area contributed by atoms with E-state index in [1.807, 2.05) is 6.92 Å². The molecule has 0 radical (unpaired) electrons. The number of rotatable bonds is 4. The molecule has 0 amide bonds. The summed E-state index contributed by atoms with van der Waals surface area (Å²) in [6, 6.07) is 10.6. The number of aromatic nitrogens is 2. The molecule has 104 valence electrons. The van der Waals surface area contributed by atoms with Crippen LogP contribution in [0.1, 0.15) is 23.0 Å². The Bertz CT molecular complexity index is 719. The van der Waals surface area contributed by atoms with Crippen LogP contribution in [-0.4, -0.2) is 9.55 Å². The predicted octanol–water partition coefficient (Wildman–Crippen LogP) is 5.24. The van der Waals surface area contributed by atoms with Gasteiger partial charge in [0.2, 0.25) is 0 Å². The number of hydrogen-bond acceptors (Lipinski definition) is 2. The van der Waals surface area contributed by atoms with Crippen molar-refractivity contribution in [2.75, 3.05) is 0 Å². The van der Waals surface area contributed by atoms with E-state index in [0.29, 0.717) is 0 Å². The highest BCUT2D eigenvalue weighted by atomic mass is 127. The Morgan fingerprint density at radius 2 is 2.25 bits per heavy atom. The fourth-order valence-electron chi connectivity index (χ4n) is 2.34. The van der Waals surface area contributed by atoms with Crippen molar-refractivity contribution in [3.05, 3.63) is 50.0 Å². The highest BCUT2D eigenvalue weighted by Gasteiger charge is 2.15. The van der Waals surface area contributed by atoms with Crippen LogP contribution in [0.25, 0.3) is 11.0 Å². The lowest BCUT2D eigenvalue weighted by atomic mass is 10.3. The molecular formula is C15H14ClIN2S. The zero-order valence-electron chi connectivity index (χ0n) is 11.0. The van der Waals surface area contributed by atoms with E-state index in [1.165, 1.54) is 14.0 Å². The summed E-state index contributed by atoms with van der Waals surface area (Å²) in [5, 5.41) is 2.04. The smallest absolute Gasteiger partial charge is 0.127 e. The maximum atomic E-state index is 6.30. The van der Waals surface area contributed by atoms with Crippen LogP contribution in [0.3, 0.4) is 0 Å². The first-order valence-electron chi connectivity index (χ1n) is 6.47. The van der Waals surface area contributed by atoms with E-state index < -0.39 is 0 Å². The summed E-state index contributed by atoms with van der Waals surface area (Å²) < 4.78 is 3.45.